The maximum Gasteiger partial charge on any atom is 0.416 e. The summed E-state index contributed by atoms with van der Waals surface area (Å²) < 4.78 is 38.8. The number of benzene rings is 2. The summed E-state index contributed by atoms with van der Waals surface area (Å²) in [5.41, 5.74) is -0.567. The lowest BCUT2D eigenvalue weighted by Crippen LogP contribution is -2.11. The molecule has 0 bridgehead atoms. The molecule has 0 saturated carbocycles. The Hall–Kier alpha value is -2.23. The number of nitrogens with one attached hydrogen (secondary N) is 1. The number of alkyl halides is 3. The van der Waals surface area contributed by atoms with Crippen LogP contribution in [0.5, 0.6) is 0 Å². The molecular weight excluding hydrogens is 448 g/mol. The second kappa shape index (κ2) is 6.58. The van der Waals surface area contributed by atoms with E-state index in [0.717, 1.165) is 12.1 Å². The number of carbonyl (C=O) groups is 1. The molecule has 0 radical (unpaired) electrons. The number of aromatic amines is 1. The van der Waals surface area contributed by atoms with Gasteiger partial charge < -0.3 is 0 Å². The minimum absolute atomic E-state index is 0.164. The number of halogens is 4. The molecule has 0 spiro atoms. The van der Waals surface area contributed by atoms with Crippen molar-refractivity contribution < 1.29 is 18.0 Å². The Labute approximate surface area is 153 Å². The van der Waals surface area contributed by atoms with E-state index in [2.05, 4.69) is 10.2 Å². The molecule has 0 aliphatic rings. The molecule has 0 aliphatic heterocycles. The highest BCUT2D eigenvalue weighted by atomic mass is 127. The van der Waals surface area contributed by atoms with E-state index in [0.29, 0.717) is 20.0 Å². The molecule has 128 valence electrons. The molecular formula is C17H10F3IN2O2. The van der Waals surface area contributed by atoms with Crippen molar-refractivity contribution in [1.82, 2.24) is 10.2 Å². The smallest absolute Gasteiger partial charge is 0.294 e. The normalized spacial score (nSPS) is 11.7. The van der Waals surface area contributed by atoms with Crippen molar-refractivity contribution in [3.63, 3.8) is 0 Å². The van der Waals surface area contributed by atoms with Crippen molar-refractivity contribution in [2.24, 2.45) is 0 Å². The van der Waals surface area contributed by atoms with Gasteiger partial charge in [-0.2, -0.15) is 18.3 Å². The Morgan fingerprint density at radius 2 is 1.88 bits per heavy atom. The minimum atomic E-state index is -4.45. The maximum atomic E-state index is 12.8. The van der Waals surface area contributed by atoms with Crippen LogP contribution < -0.4 is 5.56 Å². The third kappa shape index (κ3) is 3.73. The Kier molecular flexibility index (Phi) is 4.63. The topological polar surface area (TPSA) is 62.8 Å². The van der Waals surface area contributed by atoms with Gasteiger partial charge in [-0.3, -0.25) is 9.59 Å². The molecule has 0 unspecified atom stereocenters. The van der Waals surface area contributed by atoms with Crippen molar-refractivity contribution in [2.45, 2.75) is 12.6 Å². The number of aromatic nitrogens is 2. The van der Waals surface area contributed by atoms with Crippen LogP contribution in [0, 0.1) is 3.70 Å². The molecule has 0 aliphatic carbocycles. The third-order valence-corrected chi connectivity index (χ3v) is 4.51. The summed E-state index contributed by atoms with van der Waals surface area (Å²) in [6.07, 6.45) is -4.62. The molecule has 1 aromatic heterocycles. The molecule has 1 N–H and O–H groups in total. The van der Waals surface area contributed by atoms with Gasteiger partial charge in [-0.1, -0.05) is 24.3 Å². The first-order valence-corrected chi connectivity index (χ1v) is 8.21. The fraction of sp³-hybridized carbons (Fsp3) is 0.118. The summed E-state index contributed by atoms with van der Waals surface area (Å²) >= 11 is 1.93. The zero-order valence-electron chi connectivity index (χ0n) is 12.5. The predicted molar refractivity (Wildman–Crippen MR) is 94.6 cm³/mol. The number of carbonyl (C=O) groups excluding carboxylic acids is 1. The number of ketones is 1. The molecule has 1 heterocycles. The minimum Gasteiger partial charge on any atom is -0.294 e. The fourth-order valence-electron chi connectivity index (χ4n) is 2.45. The largest absolute Gasteiger partial charge is 0.416 e. The van der Waals surface area contributed by atoms with E-state index in [1.165, 1.54) is 30.3 Å². The summed E-state index contributed by atoms with van der Waals surface area (Å²) in [6, 6.07) is 9.22. The van der Waals surface area contributed by atoms with Crippen LogP contribution in [0.1, 0.15) is 21.5 Å². The van der Waals surface area contributed by atoms with Crippen molar-refractivity contribution >= 4 is 39.1 Å². The van der Waals surface area contributed by atoms with Gasteiger partial charge >= 0.3 is 6.18 Å². The molecule has 25 heavy (non-hydrogen) atoms. The number of rotatable bonds is 3. The Morgan fingerprint density at radius 3 is 2.60 bits per heavy atom. The van der Waals surface area contributed by atoms with Crippen LogP contribution in [0.2, 0.25) is 0 Å². The van der Waals surface area contributed by atoms with Gasteiger partial charge in [0.1, 0.15) is 3.70 Å². The highest BCUT2D eigenvalue weighted by Gasteiger charge is 2.30. The molecule has 3 rings (SSSR count). The van der Waals surface area contributed by atoms with Crippen molar-refractivity contribution in [1.29, 1.82) is 0 Å². The molecule has 0 amide bonds. The molecule has 2 aromatic carbocycles. The number of Topliss-reactive ketones (excluding diaryl/α,β-unsaturated/α-hetero) is 1. The van der Waals surface area contributed by atoms with Crippen LogP contribution in [0.25, 0.3) is 10.8 Å². The van der Waals surface area contributed by atoms with Crippen molar-refractivity contribution in [3.8, 4) is 0 Å². The highest BCUT2D eigenvalue weighted by molar-refractivity contribution is 14.1. The Morgan fingerprint density at radius 1 is 1.12 bits per heavy atom. The Bertz CT molecular complexity index is 1030. The van der Waals surface area contributed by atoms with E-state index in [1.54, 1.807) is 0 Å². The van der Waals surface area contributed by atoms with Crippen molar-refractivity contribution in [3.05, 3.63) is 73.2 Å². The summed E-state index contributed by atoms with van der Waals surface area (Å²) in [7, 11) is 0. The zero-order valence-corrected chi connectivity index (χ0v) is 14.7. The van der Waals surface area contributed by atoms with E-state index in [1.807, 2.05) is 22.6 Å². The standard InChI is InChI=1S/C17H10F3IN2O2/c18-17(19,20)11-3-1-2-9(6-11)7-14(24)10-4-5-12-13(8-10)15(21)22-23-16(12)25/h1-6,8H,7H2,(H,23,25). The lowest BCUT2D eigenvalue weighted by atomic mass is 10.00. The molecule has 3 aromatic rings. The van der Waals surface area contributed by atoms with E-state index in [4.69, 9.17) is 0 Å². The van der Waals surface area contributed by atoms with Crippen LogP contribution in [0.15, 0.2) is 47.3 Å². The lowest BCUT2D eigenvalue weighted by molar-refractivity contribution is -0.137. The summed E-state index contributed by atoms with van der Waals surface area (Å²) in [4.78, 5) is 24.1. The average Bonchev–Trinajstić information content (AvgIpc) is 2.57. The van der Waals surface area contributed by atoms with Crippen LogP contribution in [0.4, 0.5) is 13.2 Å². The van der Waals surface area contributed by atoms with Crippen LogP contribution in [0.3, 0.4) is 0 Å². The first kappa shape index (κ1) is 17.6. The van der Waals surface area contributed by atoms with E-state index in [9.17, 15) is 22.8 Å². The Balaban J connectivity index is 1.93. The second-order valence-corrected chi connectivity index (χ2v) is 6.42. The monoisotopic (exact) mass is 458 g/mol. The lowest BCUT2D eigenvalue weighted by Gasteiger charge is -2.09. The van der Waals surface area contributed by atoms with E-state index >= 15 is 0 Å². The van der Waals surface area contributed by atoms with E-state index < -0.39 is 11.7 Å². The zero-order chi connectivity index (χ0) is 18.2. The van der Waals surface area contributed by atoms with E-state index in [-0.39, 0.29) is 23.3 Å². The van der Waals surface area contributed by atoms with Crippen LogP contribution in [-0.2, 0) is 12.6 Å². The highest BCUT2D eigenvalue weighted by Crippen LogP contribution is 2.29. The van der Waals surface area contributed by atoms with Gasteiger partial charge in [0.15, 0.2) is 5.78 Å². The molecule has 0 saturated heterocycles. The SMILES string of the molecule is O=C(Cc1cccc(C(F)(F)F)c1)c1ccc2c(=O)[nH]nc(I)c2c1. The number of hydrogen-bond donors (Lipinski definition) is 1. The van der Waals surface area contributed by atoms with Gasteiger partial charge in [0.05, 0.1) is 10.9 Å². The maximum absolute atomic E-state index is 12.8. The third-order valence-electron chi connectivity index (χ3n) is 3.68. The number of nitrogens with zero attached hydrogens (tertiary/aromatic N) is 1. The summed E-state index contributed by atoms with van der Waals surface area (Å²) in [6.45, 7) is 0. The number of fused-ring (bicyclic) bond motifs is 1. The number of hydrogen-bond acceptors (Lipinski definition) is 3. The van der Waals surface area contributed by atoms with Gasteiger partial charge in [-0.25, -0.2) is 5.10 Å². The first-order valence-electron chi connectivity index (χ1n) is 7.13. The molecule has 4 nitrogen and oxygen atoms in total. The quantitative estimate of drug-likeness (QED) is 0.478. The van der Waals surface area contributed by atoms with Gasteiger partial charge in [-0.05, 0) is 46.4 Å². The van der Waals surface area contributed by atoms with Crippen molar-refractivity contribution in [2.75, 3.05) is 0 Å². The van der Waals surface area contributed by atoms with Gasteiger partial charge in [0.25, 0.3) is 5.56 Å². The summed E-state index contributed by atoms with van der Waals surface area (Å²) in [5, 5.41) is 7.11. The first-order chi connectivity index (χ1) is 11.8. The van der Waals surface area contributed by atoms with Crippen LogP contribution in [-0.4, -0.2) is 16.0 Å². The molecule has 0 atom stereocenters. The van der Waals surface area contributed by atoms with Gasteiger partial charge in [0.2, 0.25) is 0 Å². The van der Waals surface area contributed by atoms with Crippen LogP contribution >= 0.6 is 22.6 Å². The number of H-pyrrole nitrogens is 1. The fourth-order valence-corrected chi connectivity index (χ4v) is 3.02. The summed E-state index contributed by atoms with van der Waals surface area (Å²) in [5.74, 6) is -0.336. The molecule has 0 fully saturated rings. The second-order valence-electron chi connectivity index (χ2n) is 5.40. The molecule has 8 heteroatoms. The van der Waals surface area contributed by atoms with Gasteiger partial charge in [0, 0.05) is 17.4 Å². The average molecular weight is 458 g/mol. The van der Waals surface area contributed by atoms with Gasteiger partial charge in [-0.15, -0.1) is 0 Å². The predicted octanol–water partition coefficient (Wildman–Crippen LogP) is 3.97.